The summed E-state index contributed by atoms with van der Waals surface area (Å²) in [5.74, 6) is 0.704. The van der Waals surface area contributed by atoms with Crippen LogP contribution in [0.25, 0.3) is 22.8 Å². The van der Waals surface area contributed by atoms with E-state index >= 15 is 0 Å². The molecule has 0 aliphatic rings. The lowest BCUT2D eigenvalue weighted by atomic mass is 10.1. The van der Waals surface area contributed by atoms with Crippen molar-refractivity contribution in [2.45, 2.75) is 25.3 Å². The fourth-order valence-electron chi connectivity index (χ4n) is 2.75. The standard InChI is InChI=1S/C19H22N4O3S/c1-3-23(4-2)27(24,25)17-7-5-6-16(12-17)19-21-18(22-26-19)15-10-8-14(13-20)9-11-15/h5-12H,3-4,13,20H2,1-2H3. The average Bonchev–Trinajstić information content (AvgIpc) is 3.19. The van der Waals surface area contributed by atoms with E-state index in [1.165, 1.54) is 4.31 Å². The van der Waals surface area contributed by atoms with Crippen molar-refractivity contribution < 1.29 is 12.9 Å². The minimum absolute atomic E-state index is 0.204. The number of nitrogens with two attached hydrogens (primary N) is 1. The Morgan fingerprint density at radius 3 is 2.37 bits per heavy atom. The van der Waals surface area contributed by atoms with Crippen molar-refractivity contribution in [1.29, 1.82) is 0 Å². The Hall–Kier alpha value is -2.55. The number of rotatable bonds is 7. The van der Waals surface area contributed by atoms with Crippen molar-refractivity contribution in [3.05, 3.63) is 54.1 Å². The van der Waals surface area contributed by atoms with E-state index in [1.807, 2.05) is 38.1 Å². The summed E-state index contributed by atoms with van der Waals surface area (Å²) < 4.78 is 32.2. The van der Waals surface area contributed by atoms with Crippen LogP contribution >= 0.6 is 0 Å². The number of hydrogen-bond donors (Lipinski definition) is 1. The molecule has 0 spiro atoms. The second-order valence-corrected chi connectivity index (χ2v) is 7.88. The summed E-state index contributed by atoms with van der Waals surface area (Å²) in [4.78, 5) is 4.60. The van der Waals surface area contributed by atoms with Crippen LogP contribution in [0.4, 0.5) is 0 Å². The average molecular weight is 386 g/mol. The first-order valence-electron chi connectivity index (χ1n) is 8.73. The van der Waals surface area contributed by atoms with E-state index in [4.69, 9.17) is 10.3 Å². The molecular formula is C19H22N4O3S. The Morgan fingerprint density at radius 1 is 1.04 bits per heavy atom. The predicted molar refractivity (Wildman–Crippen MR) is 103 cm³/mol. The molecule has 3 aromatic rings. The van der Waals surface area contributed by atoms with Gasteiger partial charge in [0.2, 0.25) is 15.8 Å². The van der Waals surface area contributed by atoms with Crippen LogP contribution in [0.2, 0.25) is 0 Å². The topological polar surface area (TPSA) is 102 Å². The zero-order valence-corrected chi connectivity index (χ0v) is 16.1. The largest absolute Gasteiger partial charge is 0.334 e. The van der Waals surface area contributed by atoms with Crippen LogP contribution in [0.3, 0.4) is 0 Å². The summed E-state index contributed by atoms with van der Waals surface area (Å²) in [6.07, 6.45) is 0. The summed E-state index contributed by atoms with van der Waals surface area (Å²) in [5.41, 5.74) is 7.97. The van der Waals surface area contributed by atoms with Gasteiger partial charge in [-0.15, -0.1) is 0 Å². The van der Waals surface area contributed by atoms with E-state index < -0.39 is 10.0 Å². The second-order valence-electron chi connectivity index (χ2n) is 5.94. The zero-order valence-electron chi connectivity index (χ0n) is 15.3. The summed E-state index contributed by atoms with van der Waals surface area (Å²) in [5, 5.41) is 4.00. The van der Waals surface area contributed by atoms with Gasteiger partial charge in [-0.05, 0) is 23.8 Å². The molecule has 2 aromatic carbocycles. The molecule has 0 radical (unpaired) electrons. The SMILES string of the molecule is CCN(CC)S(=O)(=O)c1cccc(-c2nc(-c3ccc(CN)cc3)no2)c1. The Morgan fingerprint density at radius 2 is 1.74 bits per heavy atom. The number of sulfonamides is 1. The first kappa shape index (κ1) is 19.2. The predicted octanol–water partition coefficient (Wildman–Crippen LogP) is 2.89. The van der Waals surface area contributed by atoms with Gasteiger partial charge in [0.15, 0.2) is 0 Å². The van der Waals surface area contributed by atoms with Gasteiger partial charge in [0.1, 0.15) is 0 Å². The molecule has 0 aliphatic heterocycles. The van der Waals surface area contributed by atoms with Gasteiger partial charge in [-0.3, -0.25) is 0 Å². The smallest absolute Gasteiger partial charge is 0.258 e. The molecular weight excluding hydrogens is 364 g/mol. The van der Waals surface area contributed by atoms with Gasteiger partial charge in [0.25, 0.3) is 5.89 Å². The monoisotopic (exact) mass is 386 g/mol. The minimum atomic E-state index is -3.55. The van der Waals surface area contributed by atoms with Crippen LogP contribution in [0.1, 0.15) is 19.4 Å². The molecule has 2 N–H and O–H groups in total. The van der Waals surface area contributed by atoms with E-state index in [-0.39, 0.29) is 10.8 Å². The maximum Gasteiger partial charge on any atom is 0.258 e. The van der Waals surface area contributed by atoms with Crippen molar-refractivity contribution in [3.8, 4) is 22.8 Å². The maximum absolute atomic E-state index is 12.7. The lowest BCUT2D eigenvalue weighted by Crippen LogP contribution is -2.30. The third kappa shape index (κ3) is 3.92. The Labute approximate surface area is 158 Å². The van der Waals surface area contributed by atoms with Gasteiger partial charge in [-0.2, -0.15) is 9.29 Å². The van der Waals surface area contributed by atoms with Crippen LogP contribution in [-0.4, -0.2) is 36.0 Å². The van der Waals surface area contributed by atoms with Crippen molar-refractivity contribution in [1.82, 2.24) is 14.4 Å². The lowest BCUT2D eigenvalue weighted by Gasteiger charge is -2.18. The molecule has 0 saturated carbocycles. The van der Waals surface area contributed by atoms with E-state index in [2.05, 4.69) is 10.1 Å². The van der Waals surface area contributed by atoms with Gasteiger partial charge in [-0.1, -0.05) is 49.3 Å². The fraction of sp³-hybridized carbons (Fsp3) is 0.263. The van der Waals surface area contributed by atoms with E-state index in [9.17, 15) is 8.42 Å². The van der Waals surface area contributed by atoms with Crippen molar-refractivity contribution >= 4 is 10.0 Å². The third-order valence-electron chi connectivity index (χ3n) is 4.30. The first-order chi connectivity index (χ1) is 13.0. The summed E-state index contributed by atoms with van der Waals surface area (Å²) >= 11 is 0. The Kier molecular flexibility index (Phi) is 5.69. The molecule has 1 heterocycles. The zero-order chi connectivity index (χ0) is 19.4. The summed E-state index contributed by atoms with van der Waals surface area (Å²) in [7, 11) is -3.55. The molecule has 142 valence electrons. The van der Waals surface area contributed by atoms with E-state index in [0.717, 1.165) is 11.1 Å². The van der Waals surface area contributed by atoms with Gasteiger partial charge >= 0.3 is 0 Å². The molecule has 0 fully saturated rings. The highest BCUT2D eigenvalue weighted by Gasteiger charge is 2.22. The Balaban J connectivity index is 1.93. The molecule has 27 heavy (non-hydrogen) atoms. The van der Waals surface area contributed by atoms with Crippen LogP contribution in [0.15, 0.2) is 57.9 Å². The van der Waals surface area contributed by atoms with Gasteiger partial charge in [0, 0.05) is 30.8 Å². The quantitative estimate of drug-likeness (QED) is 0.670. The first-order valence-corrected chi connectivity index (χ1v) is 10.2. The minimum Gasteiger partial charge on any atom is -0.334 e. The molecule has 0 unspecified atom stereocenters. The normalized spacial score (nSPS) is 11.9. The summed E-state index contributed by atoms with van der Waals surface area (Å²) in [6.45, 7) is 4.90. The van der Waals surface area contributed by atoms with Crippen molar-refractivity contribution in [2.24, 2.45) is 5.73 Å². The highest BCUT2D eigenvalue weighted by molar-refractivity contribution is 7.89. The van der Waals surface area contributed by atoms with Gasteiger partial charge in [-0.25, -0.2) is 8.42 Å². The number of nitrogens with zero attached hydrogens (tertiary/aromatic N) is 3. The number of aromatic nitrogens is 2. The molecule has 1 aromatic heterocycles. The molecule has 0 saturated heterocycles. The van der Waals surface area contributed by atoms with Crippen LogP contribution in [0.5, 0.6) is 0 Å². The fourth-order valence-corrected chi connectivity index (χ4v) is 4.25. The van der Waals surface area contributed by atoms with E-state index in [1.54, 1.807) is 24.3 Å². The van der Waals surface area contributed by atoms with E-state index in [0.29, 0.717) is 31.0 Å². The highest BCUT2D eigenvalue weighted by atomic mass is 32.2. The van der Waals surface area contributed by atoms with Crippen LogP contribution < -0.4 is 5.73 Å². The molecule has 0 amide bonds. The molecule has 8 heteroatoms. The number of hydrogen-bond acceptors (Lipinski definition) is 6. The maximum atomic E-state index is 12.7. The molecule has 0 aliphatic carbocycles. The molecule has 0 atom stereocenters. The number of benzene rings is 2. The highest BCUT2D eigenvalue weighted by Crippen LogP contribution is 2.25. The second kappa shape index (κ2) is 7.99. The molecule has 0 bridgehead atoms. The van der Waals surface area contributed by atoms with Gasteiger partial charge < -0.3 is 10.3 Å². The third-order valence-corrected chi connectivity index (χ3v) is 6.34. The lowest BCUT2D eigenvalue weighted by molar-refractivity contribution is 0.432. The molecule has 7 nitrogen and oxygen atoms in total. The Bertz CT molecular complexity index is 1010. The van der Waals surface area contributed by atoms with Crippen molar-refractivity contribution in [3.63, 3.8) is 0 Å². The van der Waals surface area contributed by atoms with Crippen LogP contribution in [0, 0.1) is 0 Å². The van der Waals surface area contributed by atoms with Crippen molar-refractivity contribution in [2.75, 3.05) is 13.1 Å². The summed E-state index contributed by atoms with van der Waals surface area (Å²) in [6, 6.07) is 14.1. The molecule has 3 rings (SSSR count). The van der Waals surface area contributed by atoms with Crippen LogP contribution in [-0.2, 0) is 16.6 Å². The van der Waals surface area contributed by atoms with Gasteiger partial charge in [0.05, 0.1) is 4.90 Å².